The number of piperidine rings is 1. The molecule has 2 aromatic rings. The quantitative estimate of drug-likeness (QED) is 0.823. The van der Waals surface area contributed by atoms with Crippen LogP contribution in [0.4, 0.5) is 4.39 Å². The van der Waals surface area contributed by atoms with Crippen molar-refractivity contribution in [2.45, 2.75) is 19.4 Å². The summed E-state index contributed by atoms with van der Waals surface area (Å²) in [6.45, 7) is 1.37. The summed E-state index contributed by atoms with van der Waals surface area (Å²) in [4.78, 5) is 40.6. The maximum absolute atomic E-state index is 13.1. The van der Waals surface area contributed by atoms with Crippen molar-refractivity contribution in [1.82, 2.24) is 15.1 Å². The van der Waals surface area contributed by atoms with Crippen LogP contribution in [0.25, 0.3) is 0 Å². The first-order chi connectivity index (χ1) is 14.4. The van der Waals surface area contributed by atoms with Crippen molar-refractivity contribution in [2.24, 2.45) is 5.92 Å². The summed E-state index contributed by atoms with van der Waals surface area (Å²) in [5.41, 5.74) is 1.92. The fourth-order valence-corrected chi connectivity index (χ4v) is 3.71. The van der Waals surface area contributed by atoms with Gasteiger partial charge in [0.15, 0.2) is 0 Å². The lowest BCUT2D eigenvalue weighted by Gasteiger charge is -2.34. The Labute approximate surface area is 175 Å². The van der Waals surface area contributed by atoms with Gasteiger partial charge in [-0.3, -0.25) is 14.4 Å². The van der Waals surface area contributed by atoms with Gasteiger partial charge in [0.25, 0.3) is 11.8 Å². The predicted octanol–water partition coefficient (Wildman–Crippen LogP) is 2.70. The fourth-order valence-electron chi connectivity index (χ4n) is 3.71. The van der Waals surface area contributed by atoms with Crippen LogP contribution in [-0.2, 0) is 11.3 Å². The van der Waals surface area contributed by atoms with Crippen LogP contribution < -0.4 is 5.32 Å². The third kappa shape index (κ3) is 5.03. The molecule has 1 aliphatic heterocycles. The Morgan fingerprint density at radius 1 is 1.07 bits per heavy atom. The predicted molar refractivity (Wildman–Crippen MR) is 111 cm³/mol. The summed E-state index contributed by atoms with van der Waals surface area (Å²) in [6.07, 6.45) is 1.48. The minimum Gasteiger partial charge on any atom is -0.355 e. The van der Waals surface area contributed by atoms with Crippen LogP contribution in [0.2, 0.25) is 0 Å². The number of benzene rings is 2. The van der Waals surface area contributed by atoms with Crippen LogP contribution in [0.5, 0.6) is 0 Å². The minimum absolute atomic E-state index is 0.0121. The monoisotopic (exact) mass is 411 g/mol. The normalized spacial score (nSPS) is 16.1. The van der Waals surface area contributed by atoms with Crippen LogP contribution in [0.15, 0.2) is 48.5 Å². The van der Waals surface area contributed by atoms with E-state index >= 15 is 0 Å². The third-order valence-corrected chi connectivity index (χ3v) is 5.39. The van der Waals surface area contributed by atoms with Crippen LogP contribution in [0, 0.1) is 11.7 Å². The van der Waals surface area contributed by atoms with E-state index in [1.807, 2.05) is 12.1 Å². The van der Waals surface area contributed by atoms with Crippen LogP contribution in [0.1, 0.15) is 39.1 Å². The highest BCUT2D eigenvalue weighted by Gasteiger charge is 2.30. The first-order valence-corrected chi connectivity index (χ1v) is 10.00. The maximum Gasteiger partial charge on any atom is 0.253 e. The first-order valence-electron chi connectivity index (χ1n) is 10.00. The molecule has 0 radical (unpaired) electrons. The molecule has 0 saturated carbocycles. The first kappa shape index (κ1) is 21.5. The zero-order valence-corrected chi connectivity index (χ0v) is 17.2. The number of carbonyl (C=O) groups is 3. The number of carbonyl (C=O) groups excluding carboxylic acids is 3. The van der Waals surface area contributed by atoms with Gasteiger partial charge >= 0.3 is 0 Å². The molecule has 158 valence electrons. The summed E-state index contributed by atoms with van der Waals surface area (Å²) in [6, 6.07) is 12.6. The van der Waals surface area contributed by atoms with Gasteiger partial charge in [-0.05, 0) is 54.8 Å². The minimum atomic E-state index is -0.386. The number of hydrogen-bond acceptors (Lipinski definition) is 3. The summed E-state index contributed by atoms with van der Waals surface area (Å²) < 4.78 is 13.1. The van der Waals surface area contributed by atoms with Gasteiger partial charge in [-0.15, -0.1) is 0 Å². The Bertz CT molecular complexity index is 912. The molecule has 1 unspecified atom stereocenters. The van der Waals surface area contributed by atoms with Crippen LogP contribution in [-0.4, -0.2) is 54.7 Å². The van der Waals surface area contributed by atoms with E-state index in [0.717, 1.165) is 18.4 Å². The van der Waals surface area contributed by atoms with Crippen molar-refractivity contribution in [3.8, 4) is 0 Å². The molecule has 0 spiro atoms. The molecule has 2 aromatic carbocycles. The highest BCUT2D eigenvalue weighted by Crippen LogP contribution is 2.21. The van der Waals surface area contributed by atoms with E-state index in [4.69, 9.17) is 0 Å². The molecule has 7 heteroatoms. The van der Waals surface area contributed by atoms with Crippen molar-refractivity contribution in [1.29, 1.82) is 0 Å². The Balaban J connectivity index is 1.60. The molecule has 0 aliphatic carbocycles. The lowest BCUT2D eigenvalue weighted by atomic mass is 9.95. The van der Waals surface area contributed by atoms with E-state index < -0.39 is 0 Å². The topological polar surface area (TPSA) is 69.7 Å². The van der Waals surface area contributed by atoms with E-state index in [0.29, 0.717) is 30.8 Å². The zero-order chi connectivity index (χ0) is 21.7. The lowest BCUT2D eigenvalue weighted by Crippen LogP contribution is -2.45. The molecule has 1 atom stereocenters. The maximum atomic E-state index is 13.1. The average Bonchev–Trinajstić information content (AvgIpc) is 2.78. The molecule has 0 bridgehead atoms. The number of nitrogens with zero attached hydrogens (tertiary/aromatic N) is 2. The molecule has 1 N–H and O–H groups in total. The second kappa shape index (κ2) is 9.52. The number of amides is 3. The Morgan fingerprint density at radius 2 is 1.70 bits per heavy atom. The highest BCUT2D eigenvalue weighted by atomic mass is 19.1. The molecule has 6 nitrogen and oxygen atoms in total. The average molecular weight is 411 g/mol. The van der Waals surface area contributed by atoms with Gasteiger partial charge in [-0.1, -0.05) is 12.1 Å². The number of halogens is 1. The van der Waals surface area contributed by atoms with Crippen molar-refractivity contribution >= 4 is 17.7 Å². The fraction of sp³-hybridized carbons (Fsp3) is 0.348. The molecule has 30 heavy (non-hydrogen) atoms. The standard InChI is InChI=1S/C23H26FN3O3/c1-25-21(28)17-7-5-16(6-8-17)14-26(2)22(29)19-4-3-13-27(15-19)23(30)18-9-11-20(24)12-10-18/h5-12,19H,3-4,13-15H2,1-2H3,(H,25,28). The van der Waals surface area contributed by atoms with Crippen molar-refractivity contribution in [3.05, 3.63) is 71.0 Å². The summed E-state index contributed by atoms with van der Waals surface area (Å²) >= 11 is 0. The van der Waals surface area contributed by atoms with Gasteiger partial charge in [0.1, 0.15) is 5.82 Å². The van der Waals surface area contributed by atoms with E-state index in [9.17, 15) is 18.8 Å². The molecule has 1 heterocycles. The van der Waals surface area contributed by atoms with Crippen LogP contribution >= 0.6 is 0 Å². The smallest absolute Gasteiger partial charge is 0.253 e. The van der Waals surface area contributed by atoms with Gasteiger partial charge in [0.2, 0.25) is 5.91 Å². The van der Waals surface area contributed by atoms with Crippen molar-refractivity contribution in [3.63, 3.8) is 0 Å². The van der Waals surface area contributed by atoms with Gasteiger partial charge in [0, 0.05) is 44.9 Å². The number of likely N-dealkylation sites (tertiary alicyclic amines) is 1. The SMILES string of the molecule is CNC(=O)c1ccc(CN(C)C(=O)C2CCCN(C(=O)c3ccc(F)cc3)C2)cc1. The second-order valence-corrected chi connectivity index (χ2v) is 7.57. The highest BCUT2D eigenvalue weighted by molar-refractivity contribution is 5.95. The van der Waals surface area contributed by atoms with E-state index in [-0.39, 0.29) is 29.5 Å². The largest absolute Gasteiger partial charge is 0.355 e. The summed E-state index contributed by atoms with van der Waals surface area (Å²) in [5, 5.41) is 2.58. The molecule has 3 amide bonds. The molecule has 3 rings (SSSR count). The molecule has 0 aromatic heterocycles. The molecule has 1 fully saturated rings. The third-order valence-electron chi connectivity index (χ3n) is 5.39. The van der Waals surface area contributed by atoms with Crippen molar-refractivity contribution in [2.75, 3.05) is 27.2 Å². The zero-order valence-electron chi connectivity index (χ0n) is 17.2. The van der Waals surface area contributed by atoms with Gasteiger partial charge in [0.05, 0.1) is 5.92 Å². The van der Waals surface area contributed by atoms with Gasteiger partial charge < -0.3 is 15.1 Å². The van der Waals surface area contributed by atoms with Crippen molar-refractivity contribution < 1.29 is 18.8 Å². The molecule has 1 aliphatic rings. The van der Waals surface area contributed by atoms with Gasteiger partial charge in [-0.2, -0.15) is 0 Å². The molecule has 1 saturated heterocycles. The second-order valence-electron chi connectivity index (χ2n) is 7.57. The summed E-state index contributed by atoms with van der Waals surface area (Å²) in [5.74, 6) is -0.998. The van der Waals surface area contributed by atoms with E-state index in [1.54, 1.807) is 36.0 Å². The number of rotatable bonds is 5. The number of hydrogen-bond donors (Lipinski definition) is 1. The Kier molecular flexibility index (Phi) is 6.82. The van der Waals surface area contributed by atoms with E-state index in [1.165, 1.54) is 24.3 Å². The molecular weight excluding hydrogens is 385 g/mol. The Hall–Kier alpha value is -3.22. The number of nitrogens with one attached hydrogen (secondary N) is 1. The van der Waals surface area contributed by atoms with Gasteiger partial charge in [-0.25, -0.2) is 4.39 Å². The van der Waals surface area contributed by atoms with E-state index in [2.05, 4.69) is 5.32 Å². The summed E-state index contributed by atoms with van der Waals surface area (Å²) in [7, 11) is 3.33. The van der Waals surface area contributed by atoms with Crippen LogP contribution in [0.3, 0.4) is 0 Å². The Morgan fingerprint density at radius 3 is 2.33 bits per heavy atom. The molecular formula is C23H26FN3O3. The lowest BCUT2D eigenvalue weighted by molar-refractivity contribution is -0.136.